The molecule has 0 aliphatic carbocycles. The molecule has 0 spiro atoms. The second-order valence-corrected chi connectivity index (χ2v) is 5.95. The van der Waals surface area contributed by atoms with E-state index in [1.54, 1.807) is 41.4 Å². The maximum absolute atomic E-state index is 10.7. The molecule has 8 nitrogen and oxygen atoms in total. The normalized spacial score (nSPS) is 10.9. The number of rotatable bonds is 5. The minimum atomic E-state index is -2.50. The number of non-ortho nitro benzene ring substituents is 1. The monoisotopic (exact) mass is 344 g/mol. The number of hydrogen-bond acceptors (Lipinski definition) is 6. The zero-order valence-electron chi connectivity index (χ0n) is 12.3. The fourth-order valence-corrected chi connectivity index (χ4v) is 2.73. The van der Waals surface area contributed by atoms with E-state index in [1.807, 2.05) is 0 Å². The van der Waals surface area contributed by atoms with Crippen molar-refractivity contribution in [3.63, 3.8) is 0 Å². The maximum atomic E-state index is 10.7. The number of benzene rings is 1. The largest absolute Gasteiger partial charge is 0.283 e. The molecule has 0 saturated carbocycles. The number of hydrogen-bond donors (Lipinski definition) is 1. The van der Waals surface area contributed by atoms with Crippen molar-refractivity contribution in [1.29, 1.82) is 0 Å². The van der Waals surface area contributed by atoms with E-state index >= 15 is 0 Å². The Morgan fingerprint density at radius 2 is 1.83 bits per heavy atom. The number of pyridine rings is 1. The Morgan fingerprint density at radius 3 is 2.42 bits per heavy atom. The van der Waals surface area contributed by atoms with Crippen molar-refractivity contribution in [2.75, 3.05) is 0 Å². The summed E-state index contributed by atoms with van der Waals surface area (Å²) < 4.78 is 23.2. The van der Waals surface area contributed by atoms with E-state index in [4.69, 9.17) is 0 Å². The predicted molar refractivity (Wildman–Crippen MR) is 87.5 cm³/mol. The van der Waals surface area contributed by atoms with E-state index in [1.165, 1.54) is 18.3 Å². The SMILES string of the molecule is O=[N+]([O-])c1ccc(-c2cncn2-c2ccc(C[SH](=O)=O)cn2)cc1. The first-order valence-corrected chi connectivity index (χ1v) is 8.25. The Labute approximate surface area is 138 Å². The summed E-state index contributed by atoms with van der Waals surface area (Å²) in [5.74, 6) is 0.521. The van der Waals surface area contributed by atoms with Gasteiger partial charge in [0.2, 0.25) is 0 Å². The third-order valence-electron chi connectivity index (χ3n) is 3.38. The quantitative estimate of drug-likeness (QED) is 0.430. The zero-order chi connectivity index (χ0) is 17.1. The van der Waals surface area contributed by atoms with Crippen LogP contribution in [0.5, 0.6) is 0 Å². The van der Waals surface area contributed by atoms with Gasteiger partial charge in [-0.2, -0.15) is 0 Å². The van der Waals surface area contributed by atoms with Crippen LogP contribution in [0.15, 0.2) is 55.1 Å². The highest BCUT2D eigenvalue weighted by Crippen LogP contribution is 2.24. The molecule has 0 amide bonds. The first-order chi connectivity index (χ1) is 11.5. The van der Waals surface area contributed by atoms with Gasteiger partial charge in [0.1, 0.15) is 22.8 Å². The molecule has 0 bridgehead atoms. The fraction of sp³-hybridized carbons (Fsp3) is 0.0667. The van der Waals surface area contributed by atoms with E-state index in [-0.39, 0.29) is 11.4 Å². The molecule has 122 valence electrons. The molecule has 0 N–H and O–H groups in total. The molecular weight excluding hydrogens is 332 g/mol. The van der Waals surface area contributed by atoms with Gasteiger partial charge in [-0.05, 0) is 23.8 Å². The molecule has 0 radical (unpaired) electrons. The van der Waals surface area contributed by atoms with Gasteiger partial charge in [-0.3, -0.25) is 14.7 Å². The topological polar surface area (TPSA) is 108 Å². The lowest BCUT2D eigenvalue weighted by molar-refractivity contribution is -0.384. The number of thiol groups is 1. The van der Waals surface area contributed by atoms with E-state index in [9.17, 15) is 18.5 Å². The van der Waals surface area contributed by atoms with Crippen molar-refractivity contribution < 1.29 is 13.3 Å². The van der Waals surface area contributed by atoms with E-state index in [2.05, 4.69) is 9.97 Å². The van der Waals surface area contributed by atoms with Gasteiger partial charge in [-0.25, -0.2) is 18.4 Å². The standard InChI is InChI=1S/C15H12N4O4S/c20-19(21)13-4-2-12(3-5-13)14-8-16-10-18(14)15-6-1-11(7-17-15)9-24(22)23/h1-8,10,24H,9H2. The summed E-state index contributed by atoms with van der Waals surface area (Å²) in [5, 5.41) is 10.7. The van der Waals surface area contributed by atoms with Crippen molar-refractivity contribution in [3.8, 4) is 17.1 Å². The maximum Gasteiger partial charge on any atom is 0.269 e. The smallest absolute Gasteiger partial charge is 0.269 e. The molecule has 3 aromatic rings. The molecule has 3 rings (SSSR count). The van der Waals surface area contributed by atoms with Crippen LogP contribution < -0.4 is 0 Å². The third kappa shape index (κ3) is 3.30. The van der Waals surface area contributed by atoms with Gasteiger partial charge in [-0.15, -0.1) is 0 Å². The second kappa shape index (κ2) is 6.59. The van der Waals surface area contributed by atoms with Crippen LogP contribution >= 0.6 is 0 Å². The minimum Gasteiger partial charge on any atom is -0.283 e. The van der Waals surface area contributed by atoms with Crippen LogP contribution in [0.4, 0.5) is 5.69 Å². The predicted octanol–water partition coefficient (Wildman–Crippen LogP) is 1.95. The Bertz CT molecular complexity index is 938. The first-order valence-electron chi connectivity index (χ1n) is 6.89. The van der Waals surface area contributed by atoms with Crippen LogP contribution in [0.25, 0.3) is 17.1 Å². The number of aromatic nitrogens is 3. The molecule has 1 aromatic carbocycles. The minimum absolute atomic E-state index is 0.0130. The molecule has 0 aliphatic rings. The van der Waals surface area contributed by atoms with E-state index in [0.29, 0.717) is 11.4 Å². The van der Waals surface area contributed by atoms with Crippen molar-refractivity contribution >= 4 is 16.4 Å². The molecule has 0 saturated heterocycles. The number of nitrogens with zero attached hydrogens (tertiary/aromatic N) is 4. The van der Waals surface area contributed by atoms with Crippen LogP contribution in [0.1, 0.15) is 5.56 Å². The molecule has 9 heteroatoms. The summed E-state index contributed by atoms with van der Waals surface area (Å²) in [6.45, 7) is 0. The number of nitro benzene ring substituents is 1. The summed E-state index contributed by atoms with van der Waals surface area (Å²) >= 11 is 0. The van der Waals surface area contributed by atoms with Crippen molar-refractivity contribution in [2.24, 2.45) is 0 Å². The highest BCUT2D eigenvalue weighted by molar-refractivity contribution is 7.71. The summed E-state index contributed by atoms with van der Waals surface area (Å²) in [7, 11) is -2.50. The average molecular weight is 344 g/mol. The first kappa shape index (κ1) is 15.8. The van der Waals surface area contributed by atoms with E-state index in [0.717, 1.165) is 11.3 Å². The van der Waals surface area contributed by atoms with Crippen molar-refractivity contribution in [2.45, 2.75) is 5.75 Å². The lowest BCUT2D eigenvalue weighted by Crippen LogP contribution is -1.99. The van der Waals surface area contributed by atoms with Crippen molar-refractivity contribution in [3.05, 3.63) is 70.8 Å². The summed E-state index contributed by atoms with van der Waals surface area (Å²) in [5.41, 5.74) is 2.09. The number of nitro groups is 1. The third-order valence-corrected chi connectivity index (χ3v) is 4.00. The molecular formula is C15H12N4O4S. The molecule has 0 aliphatic heterocycles. The van der Waals surface area contributed by atoms with Crippen LogP contribution in [0.2, 0.25) is 0 Å². The van der Waals surface area contributed by atoms with Crippen LogP contribution in [0.3, 0.4) is 0 Å². The highest BCUT2D eigenvalue weighted by Gasteiger charge is 2.10. The summed E-state index contributed by atoms with van der Waals surface area (Å²) in [6.07, 6.45) is 4.71. The molecule has 24 heavy (non-hydrogen) atoms. The Morgan fingerprint density at radius 1 is 1.08 bits per heavy atom. The van der Waals surface area contributed by atoms with Crippen LogP contribution in [0, 0.1) is 10.1 Å². The molecule has 2 aromatic heterocycles. The lowest BCUT2D eigenvalue weighted by atomic mass is 10.1. The summed E-state index contributed by atoms with van der Waals surface area (Å²) in [6, 6.07) is 9.52. The average Bonchev–Trinajstić information content (AvgIpc) is 3.04. The Kier molecular flexibility index (Phi) is 4.34. The van der Waals surface area contributed by atoms with Crippen LogP contribution in [-0.4, -0.2) is 27.9 Å². The van der Waals surface area contributed by atoms with Gasteiger partial charge in [-0.1, -0.05) is 6.07 Å². The van der Waals surface area contributed by atoms with Gasteiger partial charge in [0, 0.05) is 23.9 Å². The Balaban J connectivity index is 1.94. The molecule has 0 fully saturated rings. The fourth-order valence-electron chi connectivity index (χ4n) is 2.25. The summed E-state index contributed by atoms with van der Waals surface area (Å²) in [4.78, 5) is 18.6. The van der Waals surface area contributed by atoms with Crippen LogP contribution in [-0.2, 0) is 16.5 Å². The van der Waals surface area contributed by atoms with Gasteiger partial charge in [0.05, 0.1) is 22.6 Å². The van der Waals surface area contributed by atoms with Gasteiger partial charge in [0.25, 0.3) is 5.69 Å². The van der Waals surface area contributed by atoms with Gasteiger partial charge >= 0.3 is 0 Å². The van der Waals surface area contributed by atoms with Crippen molar-refractivity contribution in [1.82, 2.24) is 14.5 Å². The van der Waals surface area contributed by atoms with E-state index < -0.39 is 15.6 Å². The second-order valence-electron chi connectivity index (χ2n) is 4.97. The van der Waals surface area contributed by atoms with Gasteiger partial charge in [0.15, 0.2) is 0 Å². The zero-order valence-corrected chi connectivity index (χ0v) is 13.2. The molecule has 0 unspecified atom stereocenters. The highest BCUT2D eigenvalue weighted by atomic mass is 32.2. The van der Waals surface area contributed by atoms with Gasteiger partial charge < -0.3 is 0 Å². The lowest BCUT2D eigenvalue weighted by Gasteiger charge is -2.08. The Hall–Kier alpha value is -3.07. The molecule has 0 atom stereocenters. The number of imidazole rings is 1. The molecule has 2 heterocycles.